The molecule has 0 radical (unpaired) electrons. The minimum Gasteiger partial charge on any atom is -0.480 e. The van der Waals surface area contributed by atoms with Crippen LogP contribution >= 0.6 is 0 Å². The summed E-state index contributed by atoms with van der Waals surface area (Å²) in [6.07, 6.45) is 4.91. The molecule has 3 rings (SSSR count). The smallest absolute Gasteiger partial charge is 0.329 e. The highest BCUT2D eigenvalue weighted by molar-refractivity contribution is 6.24. The van der Waals surface area contributed by atoms with Crippen LogP contribution in [0.2, 0.25) is 0 Å². The number of imide groups is 2. The molecule has 29 heavy (non-hydrogen) atoms. The first-order chi connectivity index (χ1) is 13.9. The lowest BCUT2D eigenvalue weighted by Crippen LogP contribution is -2.54. The first-order valence-electron chi connectivity index (χ1n) is 9.21. The predicted molar refractivity (Wildman–Crippen MR) is 99.8 cm³/mol. The average molecular weight is 400 g/mol. The van der Waals surface area contributed by atoms with Crippen LogP contribution in [0, 0.1) is 0 Å². The number of carboxylic acid groups (broad SMARTS) is 1. The van der Waals surface area contributed by atoms with Crippen LogP contribution in [0.5, 0.6) is 0 Å². The fourth-order valence-electron chi connectivity index (χ4n) is 3.35. The summed E-state index contributed by atoms with van der Waals surface area (Å²) in [5.74, 6) is -3.18. The molecule has 0 spiro atoms. The maximum Gasteiger partial charge on any atom is 0.329 e. The molecule has 0 aliphatic carbocycles. The monoisotopic (exact) mass is 400 g/mol. The molecule has 9 nitrogen and oxygen atoms in total. The van der Waals surface area contributed by atoms with Crippen LogP contribution < -0.4 is 5.32 Å². The van der Waals surface area contributed by atoms with Gasteiger partial charge in [0.1, 0.15) is 12.6 Å². The fourth-order valence-corrected chi connectivity index (χ4v) is 3.35. The van der Waals surface area contributed by atoms with E-state index in [1.807, 2.05) is 6.08 Å². The van der Waals surface area contributed by atoms with E-state index in [4.69, 9.17) is 9.84 Å². The highest BCUT2D eigenvalue weighted by Crippen LogP contribution is 2.30. The van der Waals surface area contributed by atoms with Crippen molar-refractivity contribution in [1.82, 2.24) is 10.2 Å². The Balaban J connectivity index is 1.70. The topological polar surface area (TPSA) is 130 Å². The number of rotatable bonds is 8. The van der Waals surface area contributed by atoms with E-state index >= 15 is 0 Å². The Labute approximate surface area is 166 Å². The molecule has 2 aliphatic rings. The highest BCUT2D eigenvalue weighted by atomic mass is 16.5. The van der Waals surface area contributed by atoms with Gasteiger partial charge in [0, 0.05) is 13.0 Å². The Kier molecular flexibility index (Phi) is 6.18. The van der Waals surface area contributed by atoms with Crippen LogP contribution in [-0.4, -0.2) is 58.9 Å². The summed E-state index contributed by atoms with van der Waals surface area (Å²) in [7, 11) is 0. The zero-order valence-corrected chi connectivity index (χ0v) is 15.6. The predicted octanol–water partition coefficient (Wildman–Crippen LogP) is 0.982. The molecular formula is C20H20N2O7. The van der Waals surface area contributed by atoms with Crippen molar-refractivity contribution in [2.24, 2.45) is 0 Å². The lowest BCUT2D eigenvalue weighted by Gasteiger charge is -2.27. The molecule has 2 aliphatic heterocycles. The van der Waals surface area contributed by atoms with E-state index in [1.54, 1.807) is 24.3 Å². The summed E-state index contributed by atoms with van der Waals surface area (Å²) >= 11 is 0. The van der Waals surface area contributed by atoms with Gasteiger partial charge in [-0.2, -0.15) is 0 Å². The number of benzene rings is 1. The zero-order chi connectivity index (χ0) is 21.0. The number of allylic oxidation sites excluding steroid dienone is 1. The average Bonchev–Trinajstić information content (AvgIpc) is 2.92. The minimum absolute atomic E-state index is 0.0700. The molecule has 1 fully saturated rings. The Bertz CT molecular complexity index is 906. The molecule has 0 aromatic heterocycles. The molecular weight excluding hydrogens is 380 g/mol. The SMILES string of the molecule is O=C(O)COCCC/C=C\c1cccc2c1C(=O)N(C1CCC(=O)NC1=O)C2=O. The Hall–Kier alpha value is -3.33. The summed E-state index contributed by atoms with van der Waals surface area (Å²) in [6, 6.07) is 3.91. The molecule has 1 atom stereocenters. The largest absolute Gasteiger partial charge is 0.480 e. The van der Waals surface area contributed by atoms with Gasteiger partial charge >= 0.3 is 5.97 Å². The summed E-state index contributed by atoms with van der Waals surface area (Å²) < 4.78 is 4.95. The molecule has 2 heterocycles. The number of hydrogen-bond donors (Lipinski definition) is 2. The van der Waals surface area contributed by atoms with Gasteiger partial charge in [0.05, 0.1) is 11.1 Å². The summed E-state index contributed by atoms with van der Waals surface area (Å²) in [5.41, 5.74) is 1.02. The number of carbonyl (C=O) groups excluding carboxylic acids is 4. The lowest BCUT2D eigenvalue weighted by molar-refractivity contribution is -0.142. The molecule has 4 amide bonds. The van der Waals surface area contributed by atoms with Crippen molar-refractivity contribution in [2.45, 2.75) is 31.7 Å². The van der Waals surface area contributed by atoms with Crippen molar-refractivity contribution < 1.29 is 33.8 Å². The molecule has 1 aromatic carbocycles. The van der Waals surface area contributed by atoms with Crippen molar-refractivity contribution in [3.05, 3.63) is 41.0 Å². The lowest BCUT2D eigenvalue weighted by atomic mass is 10.0. The number of ether oxygens (including phenoxy) is 1. The maximum atomic E-state index is 12.9. The molecule has 0 bridgehead atoms. The quantitative estimate of drug-likeness (QED) is 0.491. The van der Waals surface area contributed by atoms with Gasteiger partial charge in [-0.15, -0.1) is 0 Å². The minimum atomic E-state index is -1.02. The van der Waals surface area contributed by atoms with Gasteiger partial charge in [-0.1, -0.05) is 24.3 Å². The van der Waals surface area contributed by atoms with Gasteiger partial charge in [-0.05, 0) is 30.9 Å². The first kappa shape index (κ1) is 20.4. The van der Waals surface area contributed by atoms with Crippen LogP contribution in [0.15, 0.2) is 24.3 Å². The van der Waals surface area contributed by atoms with Gasteiger partial charge in [0.15, 0.2) is 0 Å². The van der Waals surface area contributed by atoms with E-state index in [0.29, 0.717) is 25.0 Å². The third-order valence-corrected chi connectivity index (χ3v) is 4.68. The molecule has 2 N–H and O–H groups in total. The van der Waals surface area contributed by atoms with E-state index in [0.717, 1.165) is 4.90 Å². The van der Waals surface area contributed by atoms with E-state index < -0.39 is 35.6 Å². The number of nitrogens with one attached hydrogen (secondary N) is 1. The number of carbonyl (C=O) groups is 5. The third-order valence-electron chi connectivity index (χ3n) is 4.68. The number of nitrogens with zero attached hydrogens (tertiary/aromatic N) is 1. The van der Waals surface area contributed by atoms with E-state index in [1.165, 1.54) is 0 Å². The first-order valence-corrected chi connectivity index (χ1v) is 9.21. The number of carboxylic acids is 1. The molecule has 152 valence electrons. The van der Waals surface area contributed by atoms with Gasteiger partial charge in [-0.3, -0.25) is 29.4 Å². The number of amides is 4. The van der Waals surface area contributed by atoms with Crippen molar-refractivity contribution >= 4 is 35.7 Å². The van der Waals surface area contributed by atoms with Crippen LogP contribution in [0.3, 0.4) is 0 Å². The maximum absolute atomic E-state index is 12.9. The Morgan fingerprint density at radius 1 is 1.24 bits per heavy atom. The summed E-state index contributed by atoms with van der Waals surface area (Å²) in [6.45, 7) is -0.0487. The summed E-state index contributed by atoms with van der Waals surface area (Å²) in [5, 5.41) is 10.7. The van der Waals surface area contributed by atoms with Gasteiger partial charge < -0.3 is 9.84 Å². The molecule has 0 saturated carbocycles. The highest BCUT2D eigenvalue weighted by Gasteiger charge is 2.45. The normalized spacial score (nSPS) is 19.0. The second-order valence-electron chi connectivity index (χ2n) is 6.71. The van der Waals surface area contributed by atoms with E-state index in [-0.39, 0.29) is 30.6 Å². The molecule has 9 heteroatoms. The summed E-state index contributed by atoms with van der Waals surface area (Å²) in [4.78, 5) is 60.4. The van der Waals surface area contributed by atoms with Crippen molar-refractivity contribution in [1.29, 1.82) is 0 Å². The second-order valence-corrected chi connectivity index (χ2v) is 6.71. The molecule has 1 unspecified atom stereocenters. The number of piperidine rings is 1. The second kappa shape index (κ2) is 8.78. The van der Waals surface area contributed by atoms with Crippen LogP contribution in [0.25, 0.3) is 6.08 Å². The van der Waals surface area contributed by atoms with Crippen molar-refractivity contribution in [3.8, 4) is 0 Å². The van der Waals surface area contributed by atoms with Crippen molar-refractivity contribution in [2.75, 3.05) is 13.2 Å². The van der Waals surface area contributed by atoms with Gasteiger partial charge in [0.2, 0.25) is 11.8 Å². The van der Waals surface area contributed by atoms with E-state index in [9.17, 15) is 24.0 Å². The van der Waals surface area contributed by atoms with Crippen LogP contribution in [0.4, 0.5) is 0 Å². The standard InChI is InChI=1S/C20H20N2O7/c23-15-9-8-14(18(26)21-15)22-19(27)13-7-4-6-12(17(13)20(22)28)5-2-1-3-10-29-11-16(24)25/h2,4-7,14H,1,3,8-11H2,(H,24,25)(H,21,23,26)/b5-2-. The third kappa shape index (κ3) is 4.40. The van der Waals surface area contributed by atoms with Crippen LogP contribution in [-0.2, 0) is 19.1 Å². The van der Waals surface area contributed by atoms with E-state index in [2.05, 4.69) is 5.32 Å². The zero-order valence-electron chi connectivity index (χ0n) is 15.6. The molecule has 1 saturated heterocycles. The van der Waals surface area contributed by atoms with Crippen LogP contribution in [0.1, 0.15) is 52.0 Å². The Morgan fingerprint density at radius 3 is 2.76 bits per heavy atom. The van der Waals surface area contributed by atoms with Gasteiger partial charge in [-0.25, -0.2) is 4.79 Å². The van der Waals surface area contributed by atoms with Gasteiger partial charge in [0.25, 0.3) is 11.8 Å². The Morgan fingerprint density at radius 2 is 2.03 bits per heavy atom. The number of hydrogen-bond acceptors (Lipinski definition) is 6. The number of aliphatic carboxylic acids is 1. The number of unbranched alkanes of at least 4 members (excludes halogenated alkanes) is 1. The van der Waals surface area contributed by atoms with Crippen molar-refractivity contribution in [3.63, 3.8) is 0 Å². The number of fused-ring (bicyclic) bond motifs is 1. The molecule has 1 aromatic rings. The fraction of sp³-hybridized carbons (Fsp3) is 0.350.